The van der Waals surface area contributed by atoms with Gasteiger partial charge in [-0.05, 0) is 56.9 Å². The summed E-state index contributed by atoms with van der Waals surface area (Å²) in [5.74, 6) is 2.16. The molecule has 1 aromatic carbocycles. The van der Waals surface area contributed by atoms with Crippen molar-refractivity contribution in [3.05, 3.63) is 30.5 Å². The van der Waals surface area contributed by atoms with Crippen molar-refractivity contribution in [1.29, 1.82) is 0 Å². The maximum Gasteiger partial charge on any atom is 0.249 e. The van der Waals surface area contributed by atoms with Crippen LogP contribution in [0.2, 0.25) is 0 Å². The van der Waals surface area contributed by atoms with Gasteiger partial charge in [-0.3, -0.25) is 0 Å². The summed E-state index contributed by atoms with van der Waals surface area (Å²) in [5, 5.41) is 11.5. The van der Waals surface area contributed by atoms with Gasteiger partial charge in [0.2, 0.25) is 5.95 Å². The molecule has 1 aromatic heterocycles. The molecule has 1 unspecified atom stereocenters. The molecule has 1 N–H and O–H groups in total. The van der Waals surface area contributed by atoms with Gasteiger partial charge in [-0.25, -0.2) is 0 Å². The molecule has 25 heavy (non-hydrogen) atoms. The minimum atomic E-state index is 0.548. The summed E-state index contributed by atoms with van der Waals surface area (Å²) in [7, 11) is 0. The maximum absolute atomic E-state index is 4.65. The second-order valence-electron chi connectivity index (χ2n) is 6.68. The molecule has 6 heteroatoms. The van der Waals surface area contributed by atoms with E-state index in [0.717, 1.165) is 37.7 Å². The van der Waals surface area contributed by atoms with Crippen molar-refractivity contribution in [2.75, 3.05) is 41.3 Å². The summed E-state index contributed by atoms with van der Waals surface area (Å²) >= 11 is 0. The molecule has 0 aliphatic carbocycles. The molecule has 1 fully saturated rings. The van der Waals surface area contributed by atoms with Gasteiger partial charge in [0, 0.05) is 37.6 Å². The normalized spacial score (nSPS) is 17.4. The Kier molecular flexibility index (Phi) is 5.68. The van der Waals surface area contributed by atoms with E-state index in [1.807, 2.05) is 0 Å². The molecule has 0 amide bonds. The van der Waals surface area contributed by atoms with Crippen LogP contribution in [0.4, 0.5) is 23.1 Å². The van der Waals surface area contributed by atoms with Gasteiger partial charge in [-0.2, -0.15) is 10.1 Å². The molecule has 3 rings (SSSR count). The number of nitrogens with zero attached hydrogens (tertiary/aromatic N) is 5. The third-order valence-electron chi connectivity index (χ3n) is 4.78. The number of anilines is 4. The summed E-state index contributed by atoms with van der Waals surface area (Å²) in [6, 6.07) is 8.37. The van der Waals surface area contributed by atoms with Crippen molar-refractivity contribution < 1.29 is 0 Å². The Hall–Kier alpha value is -2.37. The molecule has 0 spiro atoms. The molecule has 134 valence electrons. The van der Waals surface area contributed by atoms with E-state index in [2.05, 4.69) is 75.3 Å². The third-order valence-corrected chi connectivity index (χ3v) is 4.78. The van der Waals surface area contributed by atoms with Gasteiger partial charge >= 0.3 is 0 Å². The van der Waals surface area contributed by atoms with Crippen molar-refractivity contribution in [3.8, 4) is 0 Å². The molecule has 0 saturated carbocycles. The number of benzene rings is 1. The molecular weight excluding hydrogens is 312 g/mol. The zero-order valence-corrected chi connectivity index (χ0v) is 15.4. The smallest absolute Gasteiger partial charge is 0.249 e. The first-order valence-corrected chi connectivity index (χ1v) is 9.26. The zero-order chi connectivity index (χ0) is 17.6. The number of hydrogen-bond donors (Lipinski definition) is 1. The molecule has 0 bridgehead atoms. The Balaban J connectivity index is 1.69. The van der Waals surface area contributed by atoms with Gasteiger partial charge in [0.1, 0.15) is 0 Å². The molecule has 6 nitrogen and oxygen atoms in total. The fourth-order valence-corrected chi connectivity index (χ4v) is 3.37. The standard InChI is InChI=1S/C19H28N6/c1-4-24(5-2)17-10-8-16(9-11-17)21-19-22-18(13-20-23-19)25-12-6-7-15(3)14-25/h8-11,13,15H,4-7,12,14H2,1-3H3,(H,21,22,23). The van der Waals surface area contributed by atoms with Crippen LogP contribution in [-0.2, 0) is 0 Å². The summed E-state index contributed by atoms with van der Waals surface area (Å²) in [5.41, 5.74) is 2.20. The van der Waals surface area contributed by atoms with Crippen LogP contribution in [0.15, 0.2) is 30.5 Å². The lowest BCUT2D eigenvalue weighted by atomic mass is 10.0. The highest BCUT2D eigenvalue weighted by Crippen LogP contribution is 2.23. The average molecular weight is 340 g/mol. The third kappa shape index (κ3) is 4.38. The van der Waals surface area contributed by atoms with Crippen LogP contribution in [0.1, 0.15) is 33.6 Å². The van der Waals surface area contributed by atoms with Crippen LogP contribution < -0.4 is 15.1 Å². The van der Waals surface area contributed by atoms with E-state index in [1.54, 1.807) is 6.20 Å². The molecule has 1 aliphatic heterocycles. The Morgan fingerprint density at radius 1 is 1.20 bits per heavy atom. The lowest BCUT2D eigenvalue weighted by Crippen LogP contribution is -2.35. The first-order valence-electron chi connectivity index (χ1n) is 9.26. The molecule has 1 aliphatic rings. The summed E-state index contributed by atoms with van der Waals surface area (Å²) < 4.78 is 0. The van der Waals surface area contributed by atoms with E-state index in [9.17, 15) is 0 Å². The van der Waals surface area contributed by atoms with Gasteiger partial charge in [0.05, 0.1) is 6.20 Å². The Bertz CT molecular complexity index is 668. The Morgan fingerprint density at radius 3 is 2.64 bits per heavy atom. The zero-order valence-electron chi connectivity index (χ0n) is 15.4. The highest BCUT2D eigenvalue weighted by molar-refractivity contribution is 5.59. The van der Waals surface area contributed by atoms with E-state index in [4.69, 9.17) is 0 Å². The van der Waals surface area contributed by atoms with Gasteiger partial charge in [0.25, 0.3) is 0 Å². The summed E-state index contributed by atoms with van der Waals surface area (Å²) in [6.45, 7) is 10.7. The second-order valence-corrected chi connectivity index (χ2v) is 6.68. The van der Waals surface area contributed by atoms with Gasteiger partial charge in [0.15, 0.2) is 5.82 Å². The first-order chi connectivity index (χ1) is 12.2. The largest absolute Gasteiger partial charge is 0.372 e. The predicted molar refractivity (Wildman–Crippen MR) is 104 cm³/mol. The van der Waals surface area contributed by atoms with Crippen molar-refractivity contribution >= 4 is 23.1 Å². The van der Waals surface area contributed by atoms with E-state index in [0.29, 0.717) is 11.9 Å². The lowest BCUT2D eigenvalue weighted by molar-refractivity contribution is 0.444. The van der Waals surface area contributed by atoms with E-state index in [1.165, 1.54) is 18.5 Å². The number of nitrogens with one attached hydrogen (secondary N) is 1. The van der Waals surface area contributed by atoms with Crippen LogP contribution in [0.5, 0.6) is 0 Å². The number of aromatic nitrogens is 3. The molecule has 2 aromatic rings. The topological polar surface area (TPSA) is 57.2 Å². The van der Waals surface area contributed by atoms with Crippen molar-refractivity contribution in [1.82, 2.24) is 15.2 Å². The average Bonchev–Trinajstić information content (AvgIpc) is 2.64. The molecule has 1 atom stereocenters. The van der Waals surface area contributed by atoms with Crippen LogP contribution >= 0.6 is 0 Å². The SMILES string of the molecule is CCN(CC)c1ccc(Nc2nncc(N3CCCC(C)C3)n2)cc1. The number of rotatable bonds is 6. The fraction of sp³-hybridized carbons (Fsp3) is 0.526. The predicted octanol–water partition coefficient (Wildman–Crippen LogP) is 3.70. The van der Waals surface area contributed by atoms with Crippen molar-refractivity contribution in [3.63, 3.8) is 0 Å². The van der Waals surface area contributed by atoms with E-state index < -0.39 is 0 Å². The van der Waals surface area contributed by atoms with Gasteiger partial charge < -0.3 is 15.1 Å². The molecular formula is C19H28N6. The lowest BCUT2D eigenvalue weighted by Gasteiger charge is -2.31. The van der Waals surface area contributed by atoms with Crippen LogP contribution in [0, 0.1) is 5.92 Å². The minimum absolute atomic E-state index is 0.548. The van der Waals surface area contributed by atoms with E-state index >= 15 is 0 Å². The molecule has 1 saturated heterocycles. The van der Waals surface area contributed by atoms with Crippen LogP contribution in [0.3, 0.4) is 0 Å². The van der Waals surface area contributed by atoms with Gasteiger partial charge in [-0.15, -0.1) is 5.10 Å². The number of hydrogen-bond acceptors (Lipinski definition) is 6. The quantitative estimate of drug-likeness (QED) is 0.865. The Labute approximate surface area is 150 Å². The number of piperidine rings is 1. The second kappa shape index (κ2) is 8.14. The van der Waals surface area contributed by atoms with Gasteiger partial charge in [-0.1, -0.05) is 6.92 Å². The summed E-state index contributed by atoms with van der Waals surface area (Å²) in [4.78, 5) is 9.27. The van der Waals surface area contributed by atoms with Crippen LogP contribution in [-0.4, -0.2) is 41.4 Å². The first kappa shape index (κ1) is 17.5. The molecule has 0 radical (unpaired) electrons. The minimum Gasteiger partial charge on any atom is -0.372 e. The highest BCUT2D eigenvalue weighted by atomic mass is 15.3. The maximum atomic E-state index is 4.65. The van der Waals surface area contributed by atoms with Crippen molar-refractivity contribution in [2.45, 2.75) is 33.6 Å². The molecule has 2 heterocycles. The fourth-order valence-electron chi connectivity index (χ4n) is 3.37. The highest BCUT2D eigenvalue weighted by Gasteiger charge is 2.18. The van der Waals surface area contributed by atoms with Crippen LogP contribution in [0.25, 0.3) is 0 Å². The Morgan fingerprint density at radius 2 is 1.96 bits per heavy atom. The van der Waals surface area contributed by atoms with Crippen molar-refractivity contribution in [2.24, 2.45) is 5.92 Å². The monoisotopic (exact) mass is 340 g/mol. The van der Waals surface area contributed by atoms with E-state index in [-0.39, 0.29) is 0 Å². The summed E-state index contributed by atoms with van der Waals surface area (Å²) in [6.07, 6.45) is 4.26.